The van der Waals surface area contributed by atoms with Crippen LogP contribution in [0, 0.1) is 5.82 Å². The third kappa shape index (κ3) is 4.37. The van der Waals surface area contributed by atoms with Gasteiger partial charge in [0.05, 0.1) is 11.4 Å². The molecule has 0 unspecified atom stereocenters. The Kier molecular flexibility index (Phi) is 4.66. The van der Waals surface area contributed by atoms with Crippen molar-refractivity contribution in [3.05, 3.63) is 60.4 Å². The Morgan fingerprint density at radius 1 is 1.05 bits per heavy atom. The molecule has 0 heterocycles. The summed E-state index contributed by atoms with van der Waals surface area (Å²) >= 11 is 0. The summed E-state index contributed by atoms with van der Waals surface area (Å²) in [6.45, 7) is -0.437. The molecule has 0 fully saturated rings. The lowest BCUT2D eigenvalue weighted by molar-refractivity contribution is -0.115. The predicted octanol–water partition coefficient (Wildman–Crippen LogP) is 1.74. The normalized spacial score (nSPS) is 11.1. The van der Waals surface area contributed by atoms with E-state index in [-0.39, 0.29) is 4.90 Å². The van der Waals surface area contributed by atoms with Gasteiger partial charge in [0, 0.05) is 5.69 Å². The summed E-state index contributed by atoms with van der Waals surface area (Å²) in [6, 6.07) is 13.2. The highest BCUT2D eigenvalue weighted by atomic mass is 32.2. The molecule has 2 rings (SSSR count). The Bertz CT molecular complexity index is 733. The minimum absolute atomic E-state index is 0.227. The number of carbonyl (C=O) groups excluding carboxylic acids is 1. The number of rotatable bonds is 5. The third-order valence-electron chi connectivity index (χ3n) is 2.59. The summed E-state index contributed by atoms with van der Waals surface area (Å²) in [5, 5.41) is 2.54. The Hall–Kier alpha value is -2.25. The van der Waals surface area contributed by atoms with Crippen molar-refractivity contribution in [1.29, 1.82) is 0 Å². The number of hydrogen-bond acceptors (Lipinski definition) is 3. The number of amides is 1. The average Bonchev–Trinajstić information content (AvgIpc) is 2.46. The molecule has 0 saturated heterocycles. The number of halogens is 1. The second-order valence-electron chi connectivity index (χ2n) is 4.20. The lowest BCUT2D eigenvalue weighted by Gasteiger charge is -2.08. The van der Waals surface area contributed by atoms with E-state index in [0.717, 1.165) is 12.1 Å². The van der Waals surface area contributed by atoms with Crippen molar-refractivity contribution in [1.82, 2.24) is 4.72 Å². The zero-order valence-corrected chi connectivity index (χ0v) is 11.7. The van der Waals surface area contributed by atoms with Gasteiger partial charge in [0.1, 0.15) is 5.82 Å². The van der Waals surface area contributed by atoms with E-state index < -0.39 is 28.3 Å². The molecule has 2 N–H and O–H groups in total. The summed E-state index contributed by atoms with van der Waals surface area (Å²) in [5.41, 5.74) is 0.562. The third-order valence-corrected chi connectivity index (χ3v) is 3.99. The second-order valence-corrected chi connectivity index (χ2v) is 5.96. The van der Waals surface area contributed by atoms with E-state index in [0.29, 0.717) is 5.69 Å². The molecule has 0 atom stereocenters. The lowest BCUT2D eigenvalue weighted by Crippen LogP contribution is -2.32. The number of sulfonamides is 1. The molecule has 0 aliphatic heterocycles. The fourth-order valence-electron chi connectivity index (χ4n) is 1.60. The molecule has 0 aliphatic carbocycles. The van der Waals surface area contributed by atoms with Crippen molar-refractivity contribution in [2.45, 2.75) is 4.90 Å². The van der Waals surface area contributed by atoms with Crippen LogP contribution < -0.4 is 10.0 Å². The van der Waals surface area contributed by atoms with Gasteiger partial charge in [-0.1, -0.05) is 24.3 Å². The molecule has 2 aromatic carbocycles. The van der Waals surface area contributed by atoms with Gasteiger partial charge >= 0.3 is 0 Å². The van der Waals surface area contributed by atoms with Gasteiger partial charge in [-0.25, -0.2) is 17.5 Å². The summed E-state index contributed by atoms with van der Waals surface area (Å²) in [4.78, 5) is 11.4. The van der Waals surface area contributed by atoms with Gasteiger partial charge in [0.2, 0.25) is 15.9 Å². The van der Waals surface area contributed by atoms with Crippen LogP contribution in [0.15, 0.2) is 59.5 Å². The quantitative estimate of drug-likeness (QED) is 0.883. The number of para-hydroxylation sites is 1. The monoisotopic (exact) mass is 308 g/mol. The van der Waals surface area contributed by atoms with Gasteiger partial charge in [-0.3, -0.25) is 4.79 Å². The smallest absolute Gasteiger partial charge is 0.241 e. The molecule has 0 aliphatic rings. The van der Waals surface area contributed by atoms with Gasteiger partial charge in [-0.15, -0.1) is 0 Å². The molecule has 1 amide bonds. The Labute approximate surface area is 121 Å². The molecule has 110 valence electrons. The molecule has 2 aromatic rings. The van der Waals surface area contributed by atoms with Gasteiger partial charge in [0.15, 0.2) is 0 Å². The second kappa shape index (κ2) is 6.47. The van der Waals surface area contributed by atoms with Crippen LogP contribution in [0.1, 0.15) is 0 Å². The molecule has 7 heteroatoms. The van der Waals surface area contributed by atoms with Crippen LogP contribution in [-0.4, -0.2) is 20.9 Å². The molecule has 5 nitrogen and oxygen atoms in total. The fraction of sp³-hybridized carbons (Fsp3) is 0.0714. The first-order valence-electron chi connectivity index (χ1n) is 6.07. The first-order valence-corrected chi connectivity index (χ1v) is 7.56. The summed E-state index contributed by atoms with van der Waals surface area (Å²) in [5.74, 6) is -1.17. The SMILES string of the molecule is O=C(CNS(=O)(=O)c1cccc(F)c1)Nc1ccccc1. The van der Waals surface area contributed by atoms with E-state index in [1.165, 1.54) is 12.1 Å². The van der Waals surface area contributed by atoms with Crippen molar-refractivity contribution in [3.63, 3.8) is 0 Å². The van der Waals surface area contributed by atoms with Gasteiger partial charge in [-0.05, 0) is 30.3 Å². The van der Waals surface area contributed by atoms with E-state index in [2.05, 4.69) is 10.0 Å². The van der Waals surface area contributed by atoms with E-state index in [1.54, 1.807) is 30.3 Å². The van der Waals surface area contributed by atoms with Crippen molar-refractivity contribution in [3.8, 4) is 0 Å². The molecular formula is C14H13FN2O3S. The highest BCUT2D eigenvalue weighted by Crippen LogP contribution is 2.10. The molecule has 21 heavy (non-hydrogen) atoms. The summed E-state index contributed by atoms with van der Waals surface area (Å²) in [7, 11) is -3.92. The maximum Gasteiger partial charge on any atom is 0.241 e. The maximum atomic E-state index is 13.0. The topological polar surface area (TPSA) is 75.3 Å². The summed E-state index contributed by atoms with van der Waals surface area (Å²) < 4.78 is 38.9. The maximum absolute atomic E-state index is 13.0. The van der Waals surface area contributed by atoms with Crippen LogP contribution in [0.4, 0.5) is 10.1 Å². The molecule has 0 bridgehead atoms. The minimum atomic E-state index is -3.92. The number of hydrogen-bond donors (Lipinski definition) is 2. The standard InChI is InChI=1S/C14H13FN2O3S/c15-11-5-4-8-13(9-11)21(19,20)16-10-14(18)17-12-6-2-1-3-7-12/h1-9,16H,10H2,(H,17,18). The van der Waals surface area contributed by atoms with Crippen molar-refractivity contribution >= 4 is 21.6 Å². The highest BCUT2D eigenvalue weighted by molar-refractivity contribution is 7.89. The summed E-state index contributed by atoms with van der Waals surface area (Å²) in [6.07, 6.45) is 0. The van der Waals surface area contributed by atoms with Crippen molar-refractivity contribution in [2.24, 2.45) is 0 Å². The van der Waals surface area contributed by atoms with E-state index >= 15 is 0 Å². The lowest BCUT2D eigenvalue weighted by atomic mass is 10.3. The van der Waals surface area contributed by atoms with Gasteiger partial charge < -0.3 is 5.32 Å². The van der Waals surface area contributed by atoms with E-state index in [9.17, 15) is 17.6 Å². The largest absolute Gasteiger partial charge is 0.325 e. The zero-order valence-electron chi connectivity index (χ0n) is 10.9. The fourth-order valence-corrected chi connectivity index (χ4v) is 2.62. The van der Waals surface area contributed by atoms with Crippen LogP contribution in [0.25, 0.3) is 0 Å². The zero-order chi connectivity index (χ0) is 15.3. The first kappa shape index (κ1) is 15.1. The first-order chi connectivity index (χ1) is 9.97. The Morgan fingerprint density at radius 3 is 2.43 bits per heavy atom. The number of nitrogens with one attached hydrogen (secondary N) is 2. The van der Waals surface area contributed by atoms with Gasteiger partial charge in [-0.2, -0.15) is 0 Å². The molecule has 0 aromatic heterocycles. The van der Waals surface area contributed by atoms with E-state index in [1.807, 2.05) is 0 Å². The number of anilines is 1. The predicted molar refractivity (Wildman–Crippen MR) is 76.7 cm³/mol. The van der Waals surface area contributed by atoms with E-state index in [4.69, 9.17) is 0 Å². The van der Waals surface area contributed by atoms with Crippen LogP contribution in [0.3, 0.4) is 0 Å². The number of benzene rings is 2. The minimum Gasteiger partial charge on any atom is -0.325 e. The molecular weight excluding hydrogens is 295 g/mol. The average molecular weight is 308 g/mol. The molecule has 0 saturated carbocycles. The van der Waals surface area contributed by atoms with Crippen molar-refractivity contribution < 1.29 is 17.6 Å². The molecule has 0 spiro atoms. The highest BCUT2D eigenvalue weighted by Gasteiger charge is 2.16. The Morgan fingerprint density at radius 2 is 1.76 bits per heavy atom. The van der Waals surface area contributed by atoms with Crippen LogP contribution >= 0.6 is 0 Å². The van der Waals surface area contributed by atoms with Crippen LogP contribution in [0.2, 0.25) is 0 Å². The van der Waals surface area contributed by atoms with Gasteiger partial charge in [0.25, 0.3) is 0 Å². The number of carbonyl (C=O) groups is 1. The van der Waals surface area contributed by atoms with Crippen molar-refractivity contribution in [2.75, 3.05) is 11.9 Å². The van der Waals surface area contributed by atoms with Crippen LogP contribution in [-0.2, 0) is 14.8 Å². The molecule has 0 radical (unpaired) electrons. The Balaban J connectivity index is 1.97. The van der Waals surface area contributed by atoms with Crippen LogP contribution in [0.5, 0.6) is 0 Å².